The lowest BCUT2D eigenvalue weighted by Crippen LogP contribution is -2.36. The van der Waals surface area contributed by atoms with Crippen molar-refractivity contribution in [2.24, 2.45) is 11.7 Å². The fourth-order valence-corrected chi connectivity index (χ4v) is 4.75. The highest BCUT2D eigenvalue weighted by Gasteiger charge is 2.34. The largest absolute Gasteiger partial charge is 0.490 e. The van der Waals surface area contributed by atoms with Crippen molar-refractivity contribution in [1.82, 2.24) is 19.9 Å². The van der Waals surface area contributed by atoms with Crippen LogP contribution in [-0.4, -0.2) is 58.8 Å². The van der Waals surface area contributed by atoms with Gasteiger partial charge in [0.05, 0.1) is 36.4 Å². The molecule has 3 aromatic rings. The zero-order valence-corrected chi connectivity index (χ0v) is 19.8. The van der Waals surface area contributed by atoms with E-state index in [4.69, 9.17) is 22.1 Å². The Hall–Kier alpha value is -3.11. The van der Waals surface area contributed by atoms with Gasteiger partial charge in [-0.2, -0.15) is 0 Å². The smallest absolute Gasteiger partial charge is 0.225 e. The fraction of sp³-hybridized carbons (Fsp3) is 0.417. The molecule has 2 saturated heterocycles. The average molecular weight is 502 g/mol. The quantitative estimate of drug-likeness (QED) is 0.549. The molecule has 184 valence electrons. The van der Waals surface area contributed by atoms with Crippen molar-refractivity contribution in [3.8, 4) is 5.75 Å². The van der Waals surface area contributed by atoms with Crippen LogP contribution < -0.4 is 20.3 Å². The number of nitrogens with zero attached hydrogens (tertiary/aromatic N) is 6. The summed E-state index contributed by atoms with van der Waals surface area (Å²) in [4.78, 5) is 21.4. The SMILES string of the molecule is N[C@H]1CN(c2ncc(OCC3CCN(c4ncc(Cl)cn4)CC3)cn2)C[C@@H]1c1cc(F)ccc1F. The molecule has 0 unspecified atom stereocenters. The Balaban J connectivity index is 1.12. The summed E-state index contributed by atoms with van der Waals surface area (Å²) in [5.41, 5.74) is 6.53. The predicted octanol–water partition coefficient (Wildman–Crippen LogP) is 3.42. The number of hydrogen-bond acceptors (Lipinski definition) is 8. The molecule has 2 atom stereocenters. The Bertz CT molecular complexity index is 1140. The van der Waals surface area contributed by atoms with Crippen molar-refractivity contribution in [2.75, 3.05) is 42.6 Å². The topological polar surface area (TPSA) is 93.3 Å². The molecule has 11 heteroatoms. The van der Waals surface area contributed by atoms with Crippen LogP contribution in [0.1, 0.15) is 24.3 Å². The number of rotatable bonds is 6. The molecule has 0 saturated carbocycles. The summed E-state index contributed by atoms with van der Waals surface area (Å²) in [6, 6.07) is 3.11. The van der Waals surface area contributed by atoms with Gasteiger partial charge >= 0.3 is 0 Å². The Morgan fingerprint density at radius 1 is 0.943 bits per heavy atom. The summed E-state index contributed by atoms with van der Waals surface area (Å²) in [7, 11) is 0. The third kappa shape index (κ3) is 5.43. The summed E-state index contributed by atoms with van der Waals surface area (Å²) in [6.45, 7) is 3.16. The molecule has 1 aromatic carbocycles. The molecule has 5 rings (SSSR count). The van der Waals surface area contributed by atoms with Gasteiger partial charge in [-0.1, -0.05) is 11.6 Å². The average Bonchev–Trinajstić information content (AvgIpc) is 3.26. The second-order valence-corrected chi connectivity index (χ2v) is 9.44. The maximum Gasteiger partial charge on any atom is 0.225 e. The van der Waals surface area contributed by atoms with Crippen LogP contribution in [0.15, 0.2) is 43.0 Å². The van der Waals surface area contributed by atoms with E-state index in [9.17, 15) is 8.78 Å². The number of aromatic nitrogens is 4. The molecule has 0 radical (unpaired) electrons. The van der Waals surface area contributed by atoms with Crippen molar-refractivity contribution < 1.29 is 13.5 Å². The zero-order chi connectivity index (χ0) is 24.4. The number of piperidine rings is 1. The summed E-state index contributed by atoms with van der Waals surface area (Å²) >= 11 is 5.86. The summed E-state index contributed by atoms with van der Waals surface area (Å²) < 4.78 is 33.8. The van der Waals surface area contributed by atoms with Gasteiger partial charge in [-0.05, 0) is 42.5 Å². The zero-order valence-electron chi connectivity index (χ0n) is 19.0. The molecule has 2 aromatic heterocycles. The predicted molar refractivity (Wildman–Crippen MR) is 129 cm³/mol. The third-order valence-corrected chi connectivity index (χ3v) is 6.80. The second kappa shape index (κ2) is 10.2. The van der Waals surface area contributed by atoms with Gasteiger partial charge in [0.15, 0.2) is 5.75 Å². The van der Waals surface area contributed by atoms with Gasteiger partial charge in [0.25, 0.3) is 0 Å². The number of halogens is 3. The number of anilines is 2. The monoisotopic (exact) mass is 501 g/mol. The number of hydrogen-bond donors (Lipinski definition) is 1. The van der Waals surface area contributed by atoms with Crippen molar-refractivity contribution in [3.63, 3.8) is 0 Å². The van der Waals surface area contributed by atoms with Crippen LogP contribution in [-0.2, 0) is 0 Å². The molecular weight excluding hydrogens is 476 g/mol. The lowest BCUT2D eigenvalue weighted by molar-refractivity contribution is 0.221. The van der Waals surface area contributed by atoms with Crippen LogP contribution in [0.3, 0.4) is 0 Å². The molecule has 2 N–H and O–H groups in total. The van der Waals surface area contributed by atoms with Crippen LogP contribution in [0.2, 0.25) is 5.02 Å². The number of ether oxygens (including phenoxy) is 1. The maximum absolute atomic E-state index is 14.2. The standard InChI is InChI=1S/C24H26ClF2N7O/c25-16-8-29-23(30-9-16)33-5-3-15(4-6-33)14-35-18-10-31-24(32-11-18)34-12-20(22(28)13-34)19-7-17(26)1-2-21(19)27/h1-2,7-11,15,20,22H,3-6,12-14,28H2/t20-,22+/m1/s1. The van der Waals surface area contributed by atoms with Crippen molar-refractivity contribution >= 4 is 23.5 Å². The van der Waals surface area contributed by atoms with E-state index < -0.39 is 11.6 Å². The molecule has 0 amide bonds. The van der Waals surface area contributed by atoms with Crippen molar-refractivity contribution in [2.45, 2.75) is 24.8 Å². The van der Waals surface area contributed by atoms with Gasteiger partial charge in [-0.3, -0.25) is 0 Å². The first-order chi connectivity index (χ1) is 17.0. The maximum atomic E-state index is 14.2. The van der Waals surface area contributed by atoms with E-state index >= 15 is 0 Å². The summed E-state index contributed by atoms with van der Waals surface area (Å²) in [5.74, 6) is 0.920. The molecule has 4 heterocycles. The highest BCUT2D eigenvalue weighted by atomic mass is 35.5. The van der Waals surface area contributed by atoms with Crippen LogP contribution in [0.5, 0.6) is 5.75 Å². The molecule has 2 aliphatic heterocycles. The van der Waals surface area contributed by atoms with Gasteiger partial charge in [0.2, 0.25) is 11.9 Å². The minimum Gasteiger partial charge on any atom is -0.490 e. The molecule has 0 spiro atoms. The van der Waals surface area contributed by atoms with Crippen molar-refractivity contribution in [1.29, 1.82) is 0 Å². The number of nitrogens with two attached hydrogens (primary N) is 1. The minimum atomic E-state index is -0.478. The van der Waals surface area contributed by atoms with E-state index in [0.29, 0.717) is 48.3 Å². The van der Waals surface area contributed by atoms with Gasteiger partial charge in [0, 0.05) is 38.1 Å². The summed E-state index contributed by atoms with van der Waals surface area (Å²) in [6.07, 6.45) is 8.43. The first-order valence-corrected chi connectivity index (χ1v) is 12.0. The normalized spacial score (nSPS) is 20.9. The van der Waals surface area contributed by atoms with Crippen molar-refractivity contribution in [3.05, 3.63) is 65.2 Å². The Labute approximate surface area is 207 Å². The lowest BCUT2D eigenvalue weighted by Gasteiger charge is -2.31. The number of benzene rings is 1. The molecule has 0 aliphatic carbocycles. The Kier molecular flexibility index (Phi) is 6.92. The van der Waals surface area contributed by atoms with E-state index in [1.54, 1.807) is 24.8 Å². The molecule has 8 nitrogen and oxygen atoms in total. The highest BCUT2D eigenvalue weighted by molar-refractivity contribution is 6.30. The van der Waals surface area contributed by atoms with E-state index in [1.807, 2.05) is 4.90 Å². The molecule has 0 bridgehead atoms. The van der Waals surface area contributed by atoms with E-state index in [2.05, 4.69) is 24.8 Å². The van der Waals surface area contributed by atoms with E-state index in [0.717, 1.165) is 38.1 Å². The van der Waals surface area contributed by atoms with Crippen LogP contribution in [0.4, 0.5) is 20.7 Å². The fourth-order valence-electron chi connectivity index (χ4n) is 4.65. The lowest BCUT2D eigenvalue weighted by atomic mass is 9.94. The third-order valence-electron chi connectivity index (χ3n) is 6.61. The first-order valence-electron chi connectivity index (χ1n) is 11.6. The molecular formula is C24H26ClF2N7O. The highest BCUT2D eigenvalue weighted by Crippen LogP contribution is 2.31. The molecule has 35 heavy (non-hydrogen) atoms. The van der Waals surface area contributed by atoms with Gasteiger partial charge in [0.1, 0.15) is 11.6 Å². The molecule has 2 aliphatic rings. The van der Waals surface area contributed by atoms with Gasteiger partial charge < -0.3 is 20.3 Å². The summed E-state index contributed by atoms with van der Waals surface area (Å²) in [5, 5.41) is 0.526. The van der Waals surface area contributed by atoms with E-state index in [1.165, 1.54) is 6.07 Å². The second-order valence-electron chi connectivity index (χ2n) is 9.00. The minimum absolute atomic E-state index is 0.286. The first kappa shape index (κ1) is 23.6. The van der Waals surface area contributed by atoms with Gasteiger partial charge in [-0.25, -0.2) is 28.7 Å². The Morgan fingerprint density at radius 3 is 2.31 bits per heavy atom. The van der Waals surface area contributed by atoms with Gasteiger partial charge in [-0.15, -0.1) is 0 Å². The van der Waals surface area contributed by atoms with Crippen LogP contribution in [0, 0.1) is 17.6 Å². The van der Waals surface area contributed by atoms with E-state index in [-0.39, 0.29) is 17.5 Å². The Morgan fingerprint density at radius 2 is 1.60 bits per heavy atom. The van der Waals surface area contributed by atoms with Crippen LogP contribution in [0.25, 0.3) is 0 Å². The molecule has 2 fully saturated rings. The van der Waals surface area contributed by atoms with Crippen LogP contribution >= 0.6 is 11.6 Å².